The Morgan fingerprint density at radius 3 is 2.42 bits per heavy atom. The van der Waals surface area contributed by atoms with Gasteiger partial charge in [0.1, 0.15) is 0 Å². The van der Waals surface area contributed by atoms with Gasteiger partial charge in [-0.25, -0.2) is 0 Å². The Morgan fingerprint density at radius 1 is 1.15 bits per heavy atom. The van der Waals surface area contributed by atoms with Crippen molar-refractivity contribution in [2.45, 2.75) is 77.2 Å². The molecule has 7 heteroatoms. The molecule has 0 aromatic heterocycles. The van der Waals surface area contributed by atoms with E-state index in [9.17, 15) is 9.59 Å². The van der Waals surface area contributed by atoms with E-state index < -0.39 is 0 Å². The summed E-state index contributed by atoms with van der Waals surface area (Å²) < 4.78 is 0. The number of hydrogen-bond acceptors (Lipinski definition) is 3. The number of aliphatic imine (C=N–C) groups is 1. The molecule has 0 radical (unpaired) electrons. The maximum absolute atomic E-state index is 11.8. The van der Waals surface area contributed by atoms with Gasteiger partial charge in [0, 0.05) is 39.0 Å². The SMILES string of the molecule is CN=C(NCCN1C(=O)CCCC1=O)NC(C)CCC1CCCCC1.I. The summed E-state index contributed by atoms with van der Waals surface area (Å²) in [7, 11) is 1.75. The van der Waals surface area contributed by atoms with E-state index >= 15 is 0 Å². The summed E-state index contributed by atoms with van der Waals surface area (Å²) in [5.74, 6) is 1.53. The minimum atomic E-state index is -0.0538. The van der Waals surface area contributed by atoms with Gasteiger partial charge in [-0.2, -0.15) is 0 Å². The van der Waals surface area contributed by atoms with Crippen LogP contribution in [0.4, 0.5) is 0 Å². The average molecular weight is 478 g/mol. The highest BCUT2D eigenvalue weighted by molar-refractivity contribution is 14.0. The van der Waals surface area contributed by atoms with Crippen LogP contribution in [-0.4, -0.2) is 48.9 Å². The topological polar surface area (TPSA) is 73.8 Å². The van der Waals surface area contributed by atoms with Crippen molar-refractivity contribution in [3.63, 3.8) is 0 Å². The number of rotatable bonds is 7. The number of nitrogens with zero attached hydrogens (tertiary/aromatic N) is 2. The zero-order valence-electron chi connectivity index (χ0n) is 16.3. The Kier molecular flexibility index (Phi) is 11.2. The zero-order chi connectivity index (χ0) is 18.1. The van der Waals surface area contributed by atoms with Crippen molar-refractivity contribution in [1.82, 2.24) is 15.5 Å². The third kappa shape index (κ3) is 7.80. The van der Waals surface area contributed by atoms with Crippen LogP contribution < -0.4 is 10.6 Å². The molecule has 1 saturated carbocycles. The molecule has 1 unspecified atom stereocenters. The van der Waals surface area contributed by atoms with E-state index in [1.807, 2.05) is 0 Å². The zero-order valence-corrected chi connectivity index (χ0v) is 18.6. The molecule has 6 nitrogen and oxygen atoms in total. The van der Waals surface area contributed by atoms with Crippen molar-refractivity contribution < 1.29 is 9.59 Å². The Hall–Kier alpha value is -0.860. The highest BCUT2D eigenvalue weighted by Gasteiger charge is 2.25. The summed E-state index contributed by atoms with van der Waals surface area (Å²) in [5.41, 5.74) is 0. The standard InChI is InChI=1S/C19H34N4O2.HI/c1-15(11-12-16-7-4-3-5-8-16)22-19(20-2)21-13-14-23-17(24)9-6-10-18(23)25;/h15-16H,3-14H2,1-2H3,(H2,20,21,22);1H. The lowest BCUT2D eigenvalue weighted by atomic mass is 9.85. The molecule has 1 aliphatic carbocycles. The van der Waals surface area contributed by atoms with Gasteiger partial charge in [0.25, 0.3) is 0 Å². The largest absolute Gasteiger partial charge is 0.355 e. The Labute approximate surface area is 175 Å². The minimum Gasteiger partial charge on any atom is -0.355 e. The fourth-order valence-corrected chi connectivity index (χ4v) is 3.80. The van der Waals surface area contributed by atoms with E-state index in [1.54, 1.807) is 7.05 Å². The number of likely N-dealkylation sites (tertiary alicyclic amines) is 1. The molecule has 150 valence electrons. The maximum Gasteiger partial charge on any atom is 0.229 e. The van der Waals surface area contributed by atoms with Crippen molar-refractivity contribution in [1.29, 1.82) is 0 Å². The minimum absolute atomic E-state index is 0. The monoisotopic (exact) mass is 478 g/mol. The number of imide groups is 1. The number of carbonyl (C=O) groups excluding carboxylic acids is 2. The van der Waals surface area contributed by atoms with E-state index in [0.29, 0.717) is 38.4 Å². The van der Waals surface area contributed by atoms with Crippen LogP contribution >= 0.6 is 24.0 Å². The third-order valence-corrected chi connectivity index (χ3v) is 5.35. The molecule has 0 aromatic rings. The lowest BCUT2D eigenvalue weighted by Gasteiger charge is -2.26. The van der Waals surface area contributed by atoms with Gasteiger partial charge in [0.2, 0.25) is 11.8 Å². The van der Waals surface area contributed by atoms with Crippen molar-refractivity contribution in [2.24, 2.45) is 10.9 Å². The normalized spacial score (nSPS) is 20.5. The van der Waals surface area contributed by atoms with Crippen LogP contribution in [0.1, 0.15) is 71.1 Å². The number of piperidine rings is 1. The maximum atomic E-state index is 11.8. The Bertz CT molecular complexity index is 462. The second-order valence-corrected chi connectivity index (χ2v) is 7.42. The summed E-state index contributed by atoms with van der Waals surface area (Å²) in [6.07, 6.45) is 11.0. The highest BCUT2D eigenvalue weighted by Crippen LogP contribution is 2.27. The second-order valence-electron chi connectivity index (χ2n) is 7.42. The number of halogens is 1. The number of carbonyl (C=O) groups is 2. The van der Waals surface area contributed by atoms with Crippen LogP contribution in [0.15, 0.2) is 4.99 Å². The molecule has 1 heterocycles. The van der Waals surface area contributed by atoms with Crippen molar-refractivity contribution in [2.75, 3.05) is 20.1 Å². The van der Waals surface area contributed by atoms with Gasteiger partial charge in [-0.1, -0.05) is 32.1 Å². The Morgan fingerprint density at radius 2 is 1.81 bits per heavy atom. The van der Waals surface area contributed by atoms with Gasteiger partial charge in [-0.15, -0.1) is 24.0 Å². The molecular weight excluding hydrogens is 443 g/mol. The predicted octanol–water partition coefficient (Wildman–Crippen LogP) is 3.06. The van der Waals surface area contributed by atoms with Crippen molar-refractivity contribution >= 4 is 41.8 Å². The molecule has 1 saturated heterocycles. The summed E-state index contributed by atoms with van der Waals surface area (Å²) in [4.78, 5) is 29.2. The molecule has 0 aromatic carbocycles. The molecule has 2 aliphatic rings. The molecule has 2 amide bonds. The molecule has 1 atom stereocenters. The van der Waals surface area contributed by atoms with Crippen LogP contribution in [0, 0.1) is 5.92 Å². The molecule has 0 spiro atoms. The van der Waals surface area contributed by atoms with Crippen LogP contribution in [-0.2, 0) is 9.59 Å². The first kappa shape index (κ1) is 23.2. The quantitative estimate of drug-likeness (QED) is 0.255. The number of amides is 2. The summed E-state index contributed by atoms with van der Waals surface area (Å²) in [6.45, 7) is 3.13. The van der Waals surface area contributed by atoms with Gasteiger partial charge in [0.15, 0.2) is 5.96 Å². The molecule has 1 aliphatic heterocycles. The number of guanidine groups is 1. The first-order valence-corrected chi connectivity index (χ1v) is 9.90. The molecule has 2 rings (SSSR count). The summed E-state index contributed by atoms with van der Waals surface area (Å²) in [6, 6.07) is 0.367. The Balaban J connectivity index is 0.00000338. The number of nitrogens with one attached hydrogen (secondary N) is 2. The molecule has 2 N–H and O–H groups in total. The second kappa shape index (κ2) is 12.5. The van der Waals surface area contributed by atoms with Gasteiger partial charge >= 0.3 is 0 Å². The molecule has 26 heavy (non-hydrogen) atoms. The lowest BCUT2D eigenvalue weighted by Crippen LogP contribution is -2.48. The molecular formula is C19H35IN4O2. The van der Waals surface area contributed by atoms with E-state index in [4.69, 9.17) is 0 Å². The van der Waals surface area contributed by atoms with Crippen LogP contribution in [0.5, 0.6) is 0 Å². The van der Waals surface area contributed by atoms with Gasteiger partial charge < -0.3 is 10.6 Å². The summed E-state index contributed by atoms with van der Waals surface area (Å²) in [5, 5.41) is 6.64. The van der Waals surface area contributed by atoms with E-state index in [-0.39, 0.29) is 35.8 Å². The smallest absolute Gasteiger partial charge is 0.229 e. The fraction of sp³-hybridized carbons (Fsp3) is 0.842. The van der Waals surface area contributed by atoms with Crippen molar-refractivity contribution in [3.05, 3.63) is 0 Å². The summed E-state index contributed by atoms with van der Waals surface area (Å²) >= 11 is 0. The first-order valence-electron chi connectivity index (χ1n) is 9.90. The van der Waals surface area contributed by atoms with E-state index in [0.717, 1.165) is 18.3 Å². The van der Waals surface area contributed by atoms with Crippen LogP contribution in [0.25, 0.3) is 0 Å². The van der Waals surface area contributed by atoms with Gasteiger partial charge in [0.05, 0.1) is 0 Å². The predicted molar refractivity (Wildman–Crippen MR) is 116 cm³/mol. The van der Waals surface area contributed by atoms with Crippen LogP contribution in [0.2, 0.25) is 0 Å². The lowest BCUT2D eigenvalue weighted by molar-refractivity contribution is -0.147. The van der Waals surface area contributed by atoms with Gasteiger partial charge in [-0.3, -0.25) is 19.5 Å². The van der Waals surface area contributed by atoms with Crippen molar-refractivity contribution in [3.8, 4) is 0 Å². The molecule has 2 fully saturated rings. The number of hydrogen-bond donors (Lipinski definition) is 2. The van der Waals surface area contributed by atoms with Crippen LogP contribution in [0.3, 0.4) is 0 Å². The average Bonchev–Trinajstić information content (AvgIpc) is 2.62. The van der Waals surface area contributed by atoms with E-state index in [2.05, 4.69) is 22.5 Å². The van der Waals surface area contributed by atoms with E-state index in [1.165, 1.54) is 43.4 Å². The highest BCUT2D eigenvalue weighted by atomic mass is 127. The fourth-order valence-electron chi connectivity index (χ4n) is 3.80. The molecule has 0 bridgehead atoms. The van der Waals surface area contributed by atoms with Gasteiger partial charge in [-0.05, 0) is 32.1 Å². The third-order valence-electron chi connectivity index (χ3n) is 5.35. The first-order chi connectivity index (χ1) is 12.1.